The van der Waals surface area contributed by atoms with E-state index in [4.69, 9.17) is 14.2 Å². The lowest BCUT2D eigenvalue weighted by molar-refractivity contribution is 0.261. The van der Waals surface area contributed by atoms with Crippen LogP contribution in [0.25, 0.3) is 22.2 Å². The number of aromatic nitrogens is 3. The number of nitrogens with zero attached hydrogens (tertiary/aromatic N) is 3. The zero-order valence-corrected chi connectivity index (χ0v) is 15.5. The minimum absolute atomic E-state index is 0.0612. The van der Waals surface area contributed by atoms with Crippen molar-refractivity contribution in [1.29, 1.82) is 0 Å². The number of aryl methyl sites for hydroxylation is 2. The summed E-state index contributed by atoms with van der Waals surface area (Å²) in [4.78, 5) is 4.78. The van der Waals surface area contributed by atoms with E-state index < -0.39 is 0 Å². The molecule has 0 fully saturated rings. The van der Waals surface area contributed by atoms with E-state index in [1.54, 1.807) is 0 Å². The summed E-state index contributed by atoms with van der Waals surface area (Å²) in [5, 5.41) is 7.35. The highest BCUT2D eigenvalue weighted by atomic mass is 16.5. The van der Waals surface area contributed by atoms with Crippen LogP contribution in [-0.2, 0) is 0 Å². The van der Waals surface area contributed by atoms with Crippen LogP contribution in [0.15, 0.2) is 47.0 Å². The molecule has 0 amide bonds. The van der Waals surface area contributed by atoms with Crippen LogP contribution >= 0.6 is 0 Å². The van der Waals surface area contributed by atoms with Crippen LogP contribution in [0.3, 0.4) is 0 Å². The van der Waals surface area contributed by atoms with Gasteiger partial charge < -0.3 is 14.6 Å². The number of rotatable bonds is 3. The van der Waals surface area contributed by atoms with Gasteiger partial charge in [-0.3, -0.25) is 4.57 Å². The summed E-state index contributed by atoms with van der Waals surface area (Å²) in [6.45, 7) is 4.42. The Morgan fingerprint density at radius 2 is 1.93 bits per heavy atom. The SMILES string of the molecule is CNc1nc2ccc(-c3c(C)noc3C)c3c2n1C(c1ccccc1)CO3. The molecule has 0 spiro atoms. The third-order valence-electron chi connectivity index (χ3n) is 5.21. The molecule has 6 heteroatoms. The molecule has 1 aliphatic heterocycles. The van der Waals surface area contributed by atoms with E-state index in [1.807, 2.05) is 39.1 Å². The molecule has 6 nitrogen and oxygen atoms in total. The van der Waals surface area contributed by atoms with Crippen LogP contribution in [0.4, 0.5) is 5.95 Å². The molecule has 3 heterocycles. The number of benzene rings is 2. The summed E-state index contributed by atoms with van der Waals surface area (Å²) in [7, 11) is 1.90. The molecule has 0 saturated heterocycles. The van der Waals surface area contributed by atoms with E-state index in [0.29, 0.717) is 6.61 Å². The van der Waals surface area contributed by atoms with E-state index in [9.17, 15) is 0 Å². The number of anilines is 1. The molecule has 27 heavy (non-hydrogen) atoms. The van der Waals surface area contributed by atoms with Crippen molar-refractivity contribution >= 4 is 17.0 Å². The minimum atomic E-state index is 0.0612. The molecule has 1 N–H and O–H groups in total. The molecule has 1 aliphatic rings. The summed E-state index contributed by atoms with van der Waals surface area (Å²) in [5.74, 6) is 2.46. The normalized spacial score (nSPS) is 15.7. The third kappa shape index (κ3) is 2.26. The monoisotopic (exact) mass is 360 g/mol. The fourth-order valence-corrected chi connectivity index (χ4v) is 4.01. The van der Waals surface area contributed by atoms with Crippen LogP contribution in [-0.4, -0.2) is 28.4 Å². The zero-order chi connectivity index (χ0) is 18.5. The van der Waals surface area contributed by atoms with Crippen LogP contribution < -0.4 is 10.1 Å². The van der Waals surface area contributed by atoms with Crippen molar-refractivity contribution in [2.45, 2.75) is 19.9 Å². The molecule has 4 aromatic rings. The molecule has 0 aliphatic carbocycles. The fraction of sp³-hybridized carbons (Fsp3) is 0.238. The lowest BCUT2D eigenvalue weighted by Crippen LogP contribution is -2.24. The summed E-state index contributed by atoms with van der Waals surface area (Å²) in [6, 6.07) is 14.5. The van der Waals surface area contributed by atoms with Crippen LogP contribution in [0.1, 0.15) is 23.1 Å². The second kappa shape index (κ2) is 5.87. The predicted molar refractivity (Wildman–Crippen MR) is 104 cm³/mol. The van der Waals surface area contributed by atoms with Gasteiger partial charge in [0.1, 0.15) is 17.9 Å². The first-order valence-corrected chi connectivity index (χ1v) is 9.02. The number of imidazole rings is 1. The maximum atomic E-state index is 6.33. The van der Waals surface area contributed by atoms with Gasteiger partial charge in [-0.2, -0.15) is 0 Å². The van der Waals surface area contributed by atoms with Crippen LogP contribution in [0.2, 0.25) is 0 Å². The van der Waals surface area contributed by atoms with Gasteiger partial charge in [-0.1, -0.05) is 35.5 Å². The van der Waals surface area contributed by atoms with Crippen molar-refractivity contribution in [2.24, 2.45) is 0 Å². The van der Waals surface area contributed by atoms with E-state index in [1.165, 1.54) is 5.56 Å². The number of hydrogen-bond acceptors (Lipinski definition) is 5. The van der Waals surface area contributed by atoms with Crippen molar-refractivity contribution in [3.05, 3.63) is 59.5 Å². The first-order chi connectivity index (χ1) is 13.2. The quantitative estimate of drug-likeness (QED) is 0.589. The maximum absolute atomic E-state index is 6.33. The van der Waals surface area contributed by atoms with Gasteiger partial charge in [-0.25, -0.2) is 4.98 Å². The largest absolute Gasteiger partial charge is 0.488 e. The van der Waals surface area contributed by atoms with Crippen molar-refractivity contribution in [2.75, 3.05) is 19.0 Å². The Morgan fingerprint density at radius 3 is 2.63 bits per heavy atom. The molecule has 0 radical (unpaired) electrons. The molecule has 5 rings (SSSR count). The Kier molecular flexibility index (Phi) is 3.47. The van der Waals surface area contributed by atoms with Crippen molar-refractivity contribution in [3.8, 4) is 16.9 Å². The highest BCUT2D eigenvalue weighted by Crippen LogP contribution is 2.45. The highest BCUT2D eigenvalue weighted by molar-refractivity contribution is 5.94. The Balaban J connectivity index is 1.80. The molecule has 0 saturated carbocycles. The van der Waals surface area contributed by atoms with Crippen molar-refractivity contribution in [1.82, 2.24) is 14.7 Å². The van der Waals surface area contributed by atoms with Gasteiger partial charge in [0.15, 0.2) is 5.75 Å². The van der Waals surface area contributed by atoms with Gasteiger partial charge in [-0.15, -0.1) is 0 Å². The van der Waals surface area contributed by atoms with Gasteiger partial charge in [-0.05, 0) is 31.5 Å². The van der Waals surface area contributed by atoms with Crippen LogP contribution in [0.5, 0.6) is 5.75 Å². The molecule has 1 atom stereocenters. The van der Waals surface area contributed by atoms with E-state index in [0.717, 1.165) is 45.3 Å². The van der Waals surface area contributed by atoms with E-state index in [2.05, 4.69) is 39.3 Å². The molecular weight excluding hydrogens is 340 g/mol. The minimum Gasteiger partial charge on any atom is -0.488 e. The summed E-state index contributed by atoms with van der Waals surface area (Å²) in [6.07, 6.45) is 0. The predicted octanol–water partition coefficient (Wildman–Crippen LogP) is 4.33. The topological polar surface area (TPSA) is 65.1 Å². The Hall–Kier alpha value is -3.28. The second-order valence-corrected chi connectivity index (χ2v) is 6.80. The number of nitrogens with one attached hydrogen (secondary N) is 1. The van der Waals surface area contributed by atoms with Gasteiger partial charge >= 0.3 is 0 Å². The highest BCUT2D eigenvalue weighted by Gasteiger charge is 2.31. The average Bonchev–Trinajstić information content (AvgIpc) is 3.24. The maximum Gasteiger partial charge on any atom is 0.204 e. The summed E-state index contributed by atoms with van der Waals surface area (Å²) < 4.78 is 14.0. The smallest absolute Gasteiger partial charge is 0.204 e. The molecule has 0 bridgehead atoms. The Bertz CT molecular complexity index is 1120. The zero-order valence-electron chi connectivity index (χ0n) is 15.5. The fourth-order valence-electron chi connectivity index (χ4n) is 4.01. The van der Waals surface area contributed by atoms with E-state index in [-0.39, 0.29) is 6.04 Å². The number of ether oxygens (including phenoxy) is 1. The average molecular weight is 360 g/mol. The Labute approximate surface area is 156 Å². The standard InChI is InChI=1S/C21H20N4O2/c1-12-18(13(2)27-24-12)15-9-10-16-19-20(15)26-11-17(14-7-5-4-6-8-14)25(19)21(22-3)23-16/h4-10,17H,11H2,1-3H3,(H,22,23). The first kappa shape index (κ1) is 15.9. The molecular formula is C21H20N4O2. The van der Waals surface area contributed by atoms with Gasteiger partial charge in [0.25, 0.3) is 0 Å². The first-order valence-electron chi connectivity index (χ1n) is 9.02. The number of hydrogen-bond donors (Lipinski definition) is 1. The molecule has 2 aromatic carbocycles. The molecule has 2 aromatic heterocycles. The summed E-state index contributed by atoms with van der Waals surface area (Å²) in [5.41, 5.74) is 5.94. The van der Waals surface area contributed by atoms with Crippen molar-refractivity contribution < 1.29 is 9.26 Å². The van der Waals surface area contributed by atoms with Crippen molar-refractivity contribution in [3.63, 3.8) is 0 Å². The lowest BCUT2D eigenvalue weighted by atomic mass is 10.00. The third-order valence-corrected chi connectivity index (χ3v) is 5.21. The van der Waals surface area contributed by atoms with Gasteiger partial charge in [0.2, 0.25) is 5.95 Å². The Morgan fingerprint density at radius 1 is 1.11 bits per heavy atom. The molecule has 1 unspecified atom stereocenters. The van der Waals surface area contributed by atoms with Gasteiger partial charge in [0.05, 0.1) is 22.8 Å². The molecule has 136 valence electrons. The van der Waals surface area contributed by atoms with E-state index >= 15 is 0 Å². The second-order valence-electron chi connectivity index (χ2n) is 6.80. The summed E-state index contributed by atoms with van der Waals surface area (Å²) >= 11 is 0. The van der Waals surface area contributed by atoms with Gasteiger partial charge in [0, 0.05) is 12.6 Å². The van der Waals surface area contributed by atoms with Crippen LogP contribution in [0, 0.1) is 13.8 Å². The lowest BCUT2D eigenvalue weighted by Gasteiger charge is -2.28.